The van der Waals surface area contributed by atoms with Crippen LogP contribution < -0.4 is 10.2 Å². The second-order valence-electron chi connectivity index (χ2n) is 5.94. The summed E-state index contributed by atoms with van der Waals surface area (Å²) in [6.45, 7) is 5.97. The van der Waals surface area contributed by atoms with Crippen molar-refractivity contribution < 1.29 is 9.32 Å². The predicted molar refractivity (Wildman–Crippen MR) is 85.9 cm³/mol. The van der Waals surface area contributed by atoms with Crippen LogP contribution in [0.4, 0.5) is 5.82 Å². The number of amides is 1. The summed E-state index contributed by atoms with van der Waals surface area (Å²) in [5, 5.41) is 6.70. The largest absolute Gasteiger partial charge is 0.356 e. The molecule has 3 heterocycles. The summed E-state index contributed by atoms with van der Waals surface area (Å²) in [6.07, 6.45) is 4.01. The van der Waals surface area contributed by atoms with Crippen molar-refractivity contribution >= 4 is 11.7 Å². The number of aryl methyl sites for hydroxylation is 1. The van der Waals surface area contributed by atoms with Crippen molar-refractivity contribution in [3.05, 3.63) is 24.2 Å². The average molecular weight is 315 g/mol. The van der Waals surface area contributed by atoms with Crippen molar-refractivity contribution in [2.75, 3.05) is 24.5 Å². The van der Waals surface area contributed by atoms with E-state index in [4.69, 9.17) is 4.52 Å². The molecule has 23 heavy (non-hydrogen) atoms. The third-order valence-corrected chi connectivity index (χ3v) is 4.01. The molecule has 2 aromatic heterocycles. The number of nitrogens with zero attached hydrogens (tertiary/aromatic N) is 4. The van der Waals surface area contributed by atoms with Crippen molar-refractivity contribution in [2.45, 2.75) is 26.7 Å². The number of anilines is 1. The molecule has 0 bridgehead atoms. The van der Waals surface area contributed by atoms with Gasteiger partial charge in [0, 0.05) is 32.8 Å². The van der Waals surface area contributed by atoms with Crippen molar-refractivity contribution in [2.24, 2.45) is 5.92 Å². The first-order valence-corrected chi connectivity index (χ1v) is 7.88. The Morgan fingerprint density at radius 2 is 2.35 bits per heavy atom. The highest BCUT2D eigenvalue weighted by molar-refractivity contribution is 5.72. The molecule has 1 amide bonds. The van der Waals surface area contributed by atoms with Crippen LogP contribution in [0.3, 0.4) is 0 Å². The quantitative estimate of drug-likeness (QED) is 0.926. The van der Waals surface area contributed by atoms with Gasteiger partial charge in [0.1, 0.15) is 5.82 Å². The van der Waals surface area contributed by atoms with Crippen molar-refractivity contribution in [1.82, 2.24) is 20.4 Å². The minimum atomic E-state index is 0.0273. The van der Waals surface area contributed by atoms with Crippen molar-refractivity contribution in [3.8, 4) is 11.5 Å². The van der Waals surface area contributed by atoms with E-state index < -0.39 is 0 Å². The average Bonchev–Trinajstić information content (AvgIpc) is 3.00. The summed E-state index contributed by atoms with van der Waals surface area (Å²) < 4.78 is 5.15. The summed E-state index contributed by atoms with van der Waals surface area (Å²) >= 11 is 0. The molecule has 0 aromatic carbocycles. The van der Waals surface area contributed by atoms with Gasteiger partial charge in [-0.25, -0.2) is 4.98 Å². The number of rotatable bonds is 4. The van der Waals surface area contributed by atoms with E-state index in [0.29, 0.717) is 17.6 Å². The molecule has 1 atom stereocenters. The van der Waals surface area contributed by atoms with Crippen LogP contribution in [0.5, 0.6) is 0 Å². The Kier molecular flexibility index (Phi) is 4.55. The highest BCUT2D eigenvalue weighted by Crippen LogP contribution is 2.23. The summed E-state index contributed by atoms with van der Waals surface area (Å²) in [4.78, 5) is 22.1. The Labute approximate surface area is 135 Å². The zero-order valence-electron chi connectivity index (χ0n) is 13.5. The zero-order chi connectivity index (χ0) is 16.2. The van der Waals surface area contributed by atoms with E-state index in [0.717, 1.165) is 43.9 Å². The van der Waals surface area contributed by atoms with Crippen LogP contribution in [-0.4, -0.2) is 40.7 Å². The molecular weight excluding hydrogens is 294 g/mol. The molecule has 122 valence electrons. The monoisotopic (exact) mass is 315 g/mol. The maximum Gasteiger partial charge on any atom is 0.259 e. The van der Waals surface area contributed by atoms with Gasteiger partial charge in [-0.2, -0.15) is 4.98 Å². The van der Waals surface area contributed by atoms with E-state index in [1.807, 2.05) is 12.1 Å². The fourth-order valence-electron chi connectivity index (χ4n) is 2.84. The van der Waals surface area contributed by atoms with Gasteiger partial charge in [-0.1, -0.05) is 5.16 Å². The van der Waals surface area contributed by atoms with Crippen molar-refractivity contribution in [1.29, 1.82) is 0 Å². The van der Waals surface area contributed by atoms with Crippen molar-refractivity contribution in [3.63, 3.8) is 0 Å². The lowest BCUT2D eigenvalue weighted by molar-refractivity contribution is -0.119. The number of aromatic nitrogens is 3. The smallest absolute Gasteiger partial charge is 0.259 e. The molecule has 1 aliphatic heterocycles. The standard InChI is InChI=1S/C16H21N5O2/c1-11-19-16(23-20-11)14-5-6-15(18-9-14)21-7-3-4-13(10-21)8-17-12(2)22/h5-6,9,13H,3-4,7-8,10H2,1-2H3,(H,17,22). The van der Waals surface area contributed by atoms with E-state index in [-0.39, 0.29) is 5.91 Å². The lowest BCUT2D eigenvalue weighted by Crippen LogP contribution is -2.40. The Morgan fingerprint density at radius 1 is 1.48 bits per heavy atom. The van der Waals surface area contributed by atoms with Gasteiger partial charge in [-0.15, -0.1) is 0 Å². The third kappa shape index (κ3) is 3.85. The van der Waals surface area contributed by atoms with Gasteiger partial charge in [0.25, 0.3) is 5.89 Å². The van der Waals surface area contributed by atoms with Crippen LogP contribution in [-0.2, 0) is 4.79 Å². The van der Waals surface area contributed by atoms with E-state index >= 15 is 0 Å². The van der Waals surface area contributed by atoms with Crippen LogP contribution in [0.2, 0.25) is 0 Å². The van der Waals surface area contributed by atoms with E-state index in [1.165, 1.54) is 0 Å². The Bertz CT molecular complexity index is 667. The lowest BCUT2D eigenvalue weighted by atomic mass is 9.98. The van der Waals surface area contributed by atoms with Crippen LogP contribution in [0, 0.1) is 12.8 Å². The molecular formula is C16H21N5O2. The Balaban J connectivity index is 1.65. The molecule has 0 aliphatic carbocycles. The SMILES string of the molecule is CC(=O)NCC1CCCN(c2ccc(-c3nc(C)no3)cn2)C1. The number of hydrogen-bond acceptors (Lipinski definition) is 6. The first kappa shape index (κ1) is 15.5. The Morgan fingerprint density at radius 3 is 3.00 bits per heavy atom. The number of pyridine rings is 1. The molecule has 1 unspecified atom stereocenters. The second kappa shape index (κ2) is 6.76. The number of carbonyl (C=O) groups is 1. The Hall–Kier alpha value is -2.44. The van der Waals surface area contributed by atoms with E-state index in [1.54, 1.807) is 20.0 Å². The predicted octanol–water partition coefficient (Wildman–Crippen LogP) is 1.79. The number of nitrogens with one attached hydrogen (secondary N) is 1. The first-order chi connectivity index (χ1) is 11.1. The van der Waals surface area contributed by atoms with E-state index in [9.17, 15) is 4.79 Å². The molecule has 0 saturated carbocycles. The highest BCUT2D eigenvalue weighted by atomic mass is 16.5. The van der Waals surface area contributed by atoms with Gasteiger partial charge < -0.3 is 14.7 Å². The maximum absolute atomic E-state index is 11.1. The summed E-state index contributed by atoms with van der Waals surface area (Å²) in [5.74, 6) is 2.54. The molecule has 1 saturated heterocycles. The fourth-order valence-corrected chi connectivity index (χ4v) is 2.84. The summed E-state index contributed by atoms with van der Waals surface area (Å²) in [5.41, 5.74) is 0.821. The van der Waals surface area contributed by atoms with Gasteiger partial charge in [0.2, 0.25) is 5.91 Å². The molecule has 7 heteroatoms. The highest BCUT2D eigenvalue weighted by Gasteiger charge is 2.21. The molecule has 3 rings (SSSR count). The number of hydrogen-bond donors (Lipinski definition) is 1. The van der Waals surface area contributed by atoms with Crippen LogP contribution >= 0.6 is 0 Å². The van der Waals surface area contributed by atoms with Crippen LogP contribution in [0.1, 0.15) is 25.6 Å². The van der Waals surface area contributed by atoms with Gasteiger partial charge in [0.15, 0.2) is 5.82 Å². The fraction of sp³-hybridized carbons (Fsp3) is 0.500. The molecule has 1 fully saturated rings. The van der Waals surface area contributed by atoms with Crippen LogP contribution in [0.15, 0.2) is 22.9 Å². The number of carbonyl (C=O) groups excluding carboxylic acids is 1. The van der Waals surface area contributed by atoms with Gasteiger partial charge in [-0.3, -0.25) is 4.79 Å². The molecule has 7 nitrogen and oxygen atoms in total. The minimum absolute atomic E-state index is 0.0273. The molecule has 1 aliphatic rings. The molecule has 2 aromatic rings. The zero-order valence-corrected chi connectivity index (χ0v) is 13.5. The molecule has 0 spiro atoms. The molecule has 1 N–H and O–H groups in total. The normalized spacial score (nSPS) is 18.0. The third-order valence-electron chi connectivity index (χ3n) is 4.01. The van der Waals surface area contributed by atoms with E-state index in [2.05, 4.69) is 25.3 Å². The maximum atomic E-state index is 11.1. The number of piperidine rings is 1. The summed E-state index contributed by atoms with van der Waals surface area (Å²) in [6, 6.07) is 3.93. The molecule has 0 radical (unpaired) electrons. The topological polar surface area (TPSA) is 84.2 Å². The first-order valence-electron chi connectivity index (χ1n) is 7.88. The lowest BCUT2D eigenvalue weighted by Gasteiger charge is -2.33. The van der Waals surface area contributed by atoms with Crippen LogP contribution in [0.25, 0.3) is 11.5 Å². The summed E-state index contributed by atoms with van der Waals surface area (Å²) in [7, 11) is 0. The minimum Gasteiger partial charge on any atom is -0.356 e. The van der Waals surface area contributed by atoms with Gasteiger partial charge in [-0.05, 0) is 37.8 Å². The van der Waals surface area contributed by atoms with Gasteiger partial charge in [0.05, 0.1) is 5.56 Å². The van der Waals surface area contributed by atoms with Gasteiger partial charge >= 0.3 is 0 Å². The second-order valence-corrected chi connectivity index (χ2v) is 5.94.